The molecule has 0 atom stereocenters. The monoisotopic (exact) mass is 385 g/mol. The highest BCUT2D eigenvalue weighted by atomic mass is 16.7. The second-order valence-corrected chi connectivity index (χ2v) is 9.91. The summed E-state index contributed by atoms with van der Waals surface area (Å²) in [5.41, 5.74) is 6.53. The largest absolute Gasteiger partial charge is 0.494 e. The van der Waals surface area contributed by atoms with E-state index in [1.807, 2.05) is 6.07 Å². The van der Waals surface area contributed by atoms with Crippen LogP contribution in [0.25, 0.3) is 11.1 Å². The Morgan fingerprint density at radius 1 is 0.828 bits per heavy atom. The fourth-order valence-corrected chi connectivity index (χ4v) is 5.41. The molecule has 1 saturated heterocycles. The molecule has 0 radical (unpaired) electrons. The van der Waals surface area contributed by atoms with Crippen molar-refractivity contribution < 1.29 is 9.31 Å². The fourth-order valence-electron chi connectivity index (χ4n) is 5.41. The van der Waals surface area contributed by atoms with E-state index in [4.69, 9.17) is 9.31 Å². The first-order valence-electron chi connectivity index (χ1n) is 10.8. The molecular formula is C25H28BNO2. The van der Waals surface area contributed by atoms with Crippen molar-refractivity contribution in [2.24, 2.45) is 0 Å². The summed E-state index contributed by atoms with van der Waals surface area (Å²) in [6.45, 7) is 8.37. The Labute approximate surface area is 174 Å². The molecule has 3 aliphatic rings. The van der Waals surface area contributed by atoms with E-state index in [0.717, 1.165) is 23.9 Å². The Morgan fingerprint density at radius 3 is 2.17 bits per heavy atom. The molecule has 0 unspecified atom stereocenters. The van der Waals surface area contributed by atoms with E-state index in [2.05, 4.69) is 64.1 Å². The van der Waals surface area contributed by atoms with Gasteiger partial charge in [-0.3, -0.25) is 0 Å². The maximum Gasteiger partial charge on any atom is 0.494 e. The number of hydrogen-bond donors (Lipinski definition) is 0. The molecule has 0 bridgehead atoms. The lowest BCUT2D eigenvalue weighted by Crippen LogP contribution is -2.41. The summed E-state index contributed by atoms with van der Waals surface area (Å²) in [6, 6.07) is 15.3. The molecule has 5 rings (SSSR count). The average Bonchev–Trinajstić information content (AvgIpc) is 3.09. The van der Waals surface area contributed by atoms with Crippen molar-refractivity contribution >= 4 is 12.6 Å². The van der Waals surface area contributed by atoms with Gasteiger partial charge in [0, 0.05) is 5.41 Å². The third kappa shape index (κ3) is 2.64. The zero-order chi connectivity index (χ0) is 20.4. The Hall–Kier alpha value is -2.09. The first-order valence-corrected chi connectivity index (χ1v) is 10.8. The van der Waals surface area contributed by atoms with Gasteiger partial charge in [-0.15, -0.1) is 0 Å². The highest BCUT2D eigenvalue weighted by Gasteiger charge is 2.52. The van der Waals surface area contributed by atoms with E-state index >= 15 is 0 Å². The van der Waals surface area contributed by atoms with Crippen LogP contribution in [0.5, 0.6) is 0 Å². The predicted molar refractivity (Wildman–Crippen MR) is 116 cm³/mol. The minimum Gasteiger partial charge on any atom is -0.399 e. The fraction of sp³-hybridized carbons (Fsp3) is 0.480. The van der Waals surface area contributed by atoms with Crippen molar-refractivity contribution in [3.8, 4) is 17.2 Å². The van der Waals surface area contributed by atoms with Gasteiger partial charge in [0.25, 0.3) is 0 Å². The quantitative estimate of drug-likeness (QED) is 0.643. The molecule has 148 valence electrons. The van der Waals surface area contributed by atoms with Crippen LogP contribution in [0.15, 0.2) is 36.4 Å². The lowest BCUT2D eigenvalue weighted by atomic mass is 9.67. The van der Waals surface area contributed by atoms with Gasteiger partial charge in [-0.05, 0) is 80.4 Å². The van der Waals surface area contributed by atoms with Crippen molar-refractivity contribution in [2.45, 2.75) is 76.4 Å². The molecule has 2 aromatic carbocycles. The highest BCUT2D eigenvalue weighted by Crippen LogP contribution is 2.55. The van der Waals surface area contributed by atoms with Crippen molar-refractivity contribution in [1.29, 1.82) is 5.26 Å². The summed E-state index contributed by atoms with van der Waals surface area (Å²) < 4.78 is 12.6. The summed E-state index contributed by atoms with van der Waals surface area (Å²) in [6.07, 6.45) is 6.12. The molecule has 0 N–H and O–H groups in total. The standard InChI is InChI=1S/C25H28BNO2/c1-23(2)24(3,4)29-26(28-23)18-9-11-21-20(15-18)19-10-8-17(16-27)14-22(19)25(21)12-6-5-7-13-25/h8-11,14-15H,5-7,12-13H2,1-4H3. The zero-order valence-electron chi connectivity index (χ0n) is 17.8. The number of rotatable bonds is 1. The maximum absolute atomic E-state index is 9.48. The smallest absolute Gasteiger partial charge is 0.399 e. The van der Waals surface area contributed by atoms with E-state index in [9.17, 15) is 5.26 Å². The number of benzene rings is 2. The number of nitriles is 1. The molecule has 1 saturated carbocycles. The molecule has 0 amide bonds. The molecule has 0 aromatic heterocycles. The molecule has 2 fully saturated rings. The first-order chi connectivity index (χ1) is 13.8. The summed E-state index contributed by atoms with van der Waals surface area (Å²) in [7, 11) is -0.352. The lowest BCUT2D eigenvalue weighted by Gasteiger charge is -2.36. The van der Waals surface area contributed by atoms with Gasteiger partial charge in [0.1, 0.15) is 0 Å². The van der Waals surface area contributed by atoms with Crippen LogP contribution in [0.4, 0.5) is 0 Å². The molecule has 1 heterocycles. The summed E-state index contributed by atoms with van der Waals surface area (Å²) in [5.74, 6) is 0. The second-order valence-electron chi connectivity index (χ2n) is 9.91. The normalized spacial score (nSPS) is 22.9. The van der Waals surface area contributed by atoms with Crippen molar-refractivity contribution in [3.05, 3.63) is 53.1 Å². The molecule has 1 aliphatic heterocycles. The van der Waals surface area contributed by atoms with Crippen LogP contribution < -0.4 is 5.46 Å². The van der Waals surface area contributed by atoms with Gasteiger partial charge >= 0.3 is 7.12 Å². The minimum atomic E-state index is -0.352. The van der Waals surface area contributed by atoms with Gasteiger partial charge < -0.3 is 9.31 Å². The van der Waals surface area contributed by atoms with E-state index in [-0.39, 0.29) is 23.7 Å². The van der Waals surface area contributed by atoms with Gasteiger partial charge in [-0.2, -0.15) is 5.26 Å². The van der Waals surface area contributed by atoms with Crippen LogP contribution in [0, 0.1) is 11.3 Å². The molecule has 29 heavy (non-hydrogen) atoms. The number of hydrogen-bond acceptors (Lipinski definition) is 3. The van der Waals surface area contributed by atoms with Crippen molar-refractivity contribution in [1.82, 2.24) is 0 Å². The predicted octanol–water partition coefficient (Wildman–Crippen LogP) is 5.09. The molecular weight excluding hydrogens is 357 g/mol. The van der Waals surface area contributed by atoms with Crippen molar-refractivity contribution in [2.75, 3.05) is 0 Å². The topological polar surface area (TPSA) is 42.2 Å². The Balaban J connectivity index is 1.63. The Morgan fingerprint density at radius 2 is 1.52 bits per heavy atom. The molecule has 3 nitrogen and oxygen atoms in total. The van der Waals surface area contributed by atoms with E-state index in [1.165, 1.54) is 41.5 Å². The van der Waals surface area contributed by atoms with Gasteiger partial charge in [-0.25, -0.2) is 0 Å². The van der Waals surface area contributed by atoms with Crippen LogP contribution in [-0.4, -0.2) is 18.3 Å². The maximum atomic E-state index is 9.48. The van der Waals surface area contributed by atoms with Gasteiger partial charge in [0.15, 0.2) is 0 Å². The van der Waals surface area contributed by atoms with Crippen LogP contribution in [0.3, 0.4) is 0 Å². The third-order valence-corrected chi connectivity index (χ3v) is 7.75. The molecule has 1 spiro atoms. The average molecular weight is 385 g/mol. The third-order valence-electron chi connectivity index (χ3n) is 7.75. The van der Waals surface area contributed by atoms with Gasteiger partial charge in [-0.1, -0.05) is 43.5 Å². The van der Waals surface area contributed by atoms with Crippen LogP contribution >= 0.6 is 0 Å². The summed E-state index contributed by atoms with van der Waals surface area (Å²) in [5, 5.41) is 9.48. The van der Waals surface area contributed by atoms with E-state index in [1.54, 1.807) is 0 Å². The SMILES string of the molecule is CC1(C)OB(c2ccc3c(c2)-c2ccc(C#N)cc2C32CCCCC2)OC1(C)C. The van der Waals surface area contributed by atoms with Crippen LogP contribution in [-0.2, 0) is 14.7 Å². The molecule has 2 aliphatic carbocycles. The van der Waals surface area contributed by atoms with Crippen LogP contribution in [0.1, 0.15) is 76.5 Å². The van der Waals surface area contributed by atoms with E-state index in [0.29, 0.717) is 0 Å². The first kappa shape index (κ1) is 18.9. The molecule has 2 aromatic rings. The van der Waals surface area contributed by atoms with Gasteiger partial charge in [0.05, 0.1) is 22.8 Å². The number of fused-ring (bicyclic) bond motifs is 5. The second kappa shape index (κ2) is 6.21. The van der Waals surface area contributed by atoms with Crippen LogP contribution in [0.2, 0.25) is 0 Å². The number of nitrogens with zero attached hydrogens (tertiary/aromatic N) is 1. The van der Waals surface area contributed by atoms with Crippen molar-refractivity contribution in [3.63, 3.8) is 0 Å². The lowest BCUT2D eigenvalue weighted by molar-refractivity contribution is 0.00578. The highest BCUT2D eigenvalue weighted by molar-refractivity contribution is 6.62. The Kier molecular flexibility index (Phi) is 4.05. The van der Waals surface area contributed by atoms with Gasteiger partial charge in [0.2, 0.25) is 0 Å². The minimum absolute atomic E-state index is 0.0598. The summed E-state index contributed by atoms with van der Waals surface area (Å²) >= 11 is 0. The Bertz CT molecular complexity index is 1010. The van der Waals surface area contributed by atoms with E-state index < -0.39 is 0 Å². The summed E-state index contributed by atoms with van der Waals surface area (Å²) in [4.78, 5) is 0. The molecule has 4 heteroatoms. The zero-order valence-corrected chi connectivity index (χ0v) is 17.8.